The van der Waals surface area contributed by atoms with E-state index in [1.807, 2.05) is 55.5 Å². The molecule has 27 heavy (non-hydrogen) atoms. The summed E-state index contributed by atoms with van der Waals surface area (Å²) in [4.78, 5) is 29.6. The summed E-state index contributed by atoms with van der Waals surface area (Å²) in [6.45, 7) is 2.37. The maximum Gasteiger partial charge on any atom is 0.237 e. The summed E-state index contributed by atoms with van der Waals surface area (Å²) in [5, 5.41) is 0. The number of para-hydroxylation sites is 2. The number of fused-ring (bicyclic) bond motifs is 1. The maximum atomic E-state index is 12.8. The van der Waals surface area contributed by atoms with Crippen molar-refractivity contribution in [1.82, 2.24) is 4.90 Å². The van der Waals surface area contributed by atoms with Gasteiger partial charge in [0.1, 0.15) is 5.75 Å². The number of benzene rings is 2. The molecule has 0 spiro atoms. The number of carbonyl (C=O) groups excluding carboxylic acids is 2. The standard InChI is InChI=1S/C21H24N2O3S/c1-15(16-8-4-6-10-18(16)26-3)22(2)20(24)12-13-23-17-9-5-7-11-19(17)27-14-21(23)25/h4-11,15H,12-14H2,1-3H3/t15-/m0/s1. The third-order valence-corrected chi connectivity index (χ3v) is 5.97. The second kappa shape index (κ2) is 8.48. The van der Waals surface area contributed by atoms with Gasteiger partial charge in [-0.15, -0.1) is 11.8 Å². The molecule has 0 bridgehead atoms. The van der Waals surface area contributed by atoms with E-state index in [-0.39, 0.29) is 24.3 Å². The molecular weight excluding hydrogens is 360 g/mol. The lowest BCUT2D eigenvalue weighted by molar-refractivity contribution is -0.131. The Morgan fingerprint density at radius 1 is 1.22 bits per heavy atom. The highest BCUT2D eigenvalue weighted by Gasteiger charge is 2.26. The first-order valence-electron chi connectivity index (χ1n) is 8.93. The van der Waals surface area contributed by atoms with E-state index in [1.54, 1.807) is 35.7 Å². The van der Waals surface area contributed by atoms with Crippen molar-refractivity contribution in [3.8, 4) is 5.75 Å². The van der Waals surface area contributed by atoms with E-state index in [0.717, 1.165) is 21.9 Å². The zero-order valence-electron chi connectivity index (χ0n) is 15.8. The highest BCUT2D eigenvalue weighted by atomic mass is 32.2. The predicted molar refractivity (Wildman–Crippen MR) is 108 cm³/mol. The average molecular weight is 385 g/mol. The van der Waals surface area contributed by atoms with E-state index in [9.17, 15) is 9.59 Å². The molecular formula is C21H24N2O3S. The van der Waals surface area contributed by atoms with E-state index in [1.165, 1.54) is 0 Å². The van der Waals surface area contributed by atoms with Gasteiger partial charge in [0.2, 0.25) is 11.8 Å². The number of hydrogen-bond donors (Lipinski definition) is 0. The Balaban J connectivity index is 1.68. The third kappa shape index (κ3) is 4.11. The predicted octanol–water partition coefficient (Wildman–Crippen LogP) is 3.74. The highest BCUT2D eigenvalue weighted by molar-refractivity contribution is 8.00. The number of hydrogen-bond acceptors (Lipinski definition) is 4. The van der Waals surface area contributed by atoms with Gasteiger partial charge >= 0.3 is 0 Å². The molecule has 3 rings (SSSR count). The zero-order chi connectivity index (χ0) is 19.4. The molecule has 0 saturated carbocycles. The number of anilines is 1. The van der Waals surface area contributed by atoms with Gasteiger partial charge in [0, 0.05) is 30.5 Å². The van der Waals surface area contributed by atoms with Gasteiger partial charge in [0.25, 0.3) is 0 Å². The van der Waals surface area contributed by atoms with Crippen LogP contribution >= 0.6 is 11.8 Å². The van der Waals surface area contributed by atoms with Crippen molar-refractivity contribution in [2.45, 2.75) is 24.3 Å². The minimum atomic E-state index is -0.117. The fraction of sp³-hybridized carbons (Fsp3) is 0.333. The molecule has 6 heteroatoms. The van der Waals surface area contributed by atoms with Crippen LogP contribution in [-0.2, 0) is 9.59 Å². The second-order valence-corrected chi connectivity index (χ2v) is 7.49. The first-order valence-corrected chi connectivity index (χ1v) is 9.92. The first-order chi connectivity index (χ1) is 13.0. The molecule has 0 aromatic heterocycles. The molecule has 1 aliphatic heterocycles. The molecule has 0 fully saturated rings. The van der Waals surface area contributed by atoms with Gasteiger partial charge in [-0.25, -0.2) is 0 Å². The lowest BCUT2D eigenvalue weighted by Crippen LogP contribution is -2.39. The van der Waals surface area contributed by atoms with Gasteiger partial charge in [-0.3, -0.25) is 9.59 Å². The fourth-order valence-electron chi connectivity index (χ4n) is 3.22. The molecule has 0 N–H and O–H groups in total. The molecule has 5 nitrogen and oxygen atoms in total. The van der Waals surface area contributed by atoms with Crippen molar-refractivity contribution in [2.24, 2.45) is 0 Å². The largest absolute Gasteiger partial charge is 0.496 e. The third-order valence-electron chi connectivity index (χ3n) is 4.92. The summed E-state index contributed by atoms with van der Waals surface area (Å²) in [5.41, 5.74) is 1.86. The van der Waals surface area contributed by atoms with Gasteiger partial charge in [0.15, 0.2) is 0 Å². The summed E-state index contributed by atoms with van der Waals surface area (Å²) >= 11 is 1.55. The van der Waals surface area contributed by atoms with Crippen molar-refractivity contribution in [1.29, 1.82) is 0 Å². The first kappa shape index (κ1) is 19.3. The normalized spacial score (nSPS) is 14.5. The number of nitrogens with zero attached hydrogens (tertiary/aromatic N) is 2. The average Bonchev–Trinajstić information content (AvgIpc) is 2.71. The van der Waals surface area contributed by atoms with Gasteiger partial charge in [-0.1, -0.05) is 30.3 Å². The smallest absolute Gasteiger partial charge is 0.237 e. The van der Waals surface area contributed by atoms with Crippen LogP contribution in [0.4, 0.5) is 5.69 Å². The van der Waals surface area contributed by atoms with E-state index >= 15 is 0 Å². The summed E-state index contributed by atoms with van der Waals surface area (Å²) in [7, 11) is 3.42. The lowest BCUT2D eigenvalue weighted by Gasteiger charge is -2.30. The molecule has 0 aliphatic carbocycles. The summed E-state index contributed by atoms with van der Waals surface area (Å²) in [5.74, 6) is 1.23. The maximum absolute atomic E-state index is 12.8. The molecule has 1 atom stereocenters. The number of methoxy groups -OCH3 is 1. The van der Waals surface area contributed by atoms with Crippen LogP contribution in [0.3, 0.4) is 0 Å². The minimum absolute atomic E-state index is 0.00286. The van der Waals surface area contributed by atoms with Crippen LogP contribution in [-0.4, -0.2) is 43.2 Å². The minimum Gasteiger partial charge on any atom is -0.496 e. The van der Waals surface area contributed by atoms with Crippen molar-refractivity contribution in [3.63, 3.8) is 0 Å². The van der Waals surface area contributed by atoms with Crippen LogP contribution < -0.4 is 9.64 Å². The van der Waals surface area contributed by atoms with Crippen molar-refractivity contribution >= 4 is 29.3 Å². The topological polar surface area (TPSA) is 49.9 Å². The molecule has 1 heterocycles. The Kier molecular flexibility index (Phi) is 6.06. The van der Waals surface area contributed by atoms with Crippen LogP contribution in [0, 0.1) is 0 Å². The Labute approximate surface area is 164 Å². The molecule has 142 valence electrons. The molecule has 0 unspecified atom stereocenters. The molecule has 2 aromatic carbocycles. The van der Waals surface area contributed by atoms with E-state index < -0.39 is 0 Å². The van der Waals surface area contributed by atoms with Crippen molar-refractivity contribution < 1.29 is 14.3 Å². The monoisotopic (exact) mass is 384 g/mol. The Bertz CT molecular complexity index is 840. The number of amides is 2. The summed E-state index contributed by atoms with van der Waals surface area (Å²) in [6, 6.07) is 15.4. The Hall–Kier alpha value is -2.47. The molecule has 0 radical (unpaired) electrons. The number of ether oxygens (including phenoxy) is 1. The molecule has 2 aromatic rings. The number of thioether (sulfide) groups is 1. The van der Waals surface area contributed by atoms with E-state index in [4.69, 9.17) is 4.74 Å². The van der Waals surface area contributed by atoms with Crippen molar-refractivity contribution in [2.75, 3.05) is 31.4 Å². The van der Waals surface area contributed by atoms with Crippen LogP contribution in [0.15, 0.2) is 53.4 Å². The van der Waals surface area contributed by atoms with Gasteiger partial charge < -0.3 is 14.5 Å². The van der Waals surface area contributed by atoms with Crippen molar-refractivity contribution in [3.05, 3.63) is 54.1 Å². The summed E-state index contributed by atoms with van der Waals surface area (Å²) in [6.07, 6.45) is 0.279. The van der Waals surface area contributed by atoms with Crippen LogP contribution in [0.5, 0.6) is 5.75 Å². The quantitative estimate of drug-likeness (QED) is 0.761. The Morgan fingerprint density at radius 2 is 1.93 bits per heavy atom. The van der Waals surface area contributed by atoms with E-state index in [2.05, 4.69) is 0 Å². The fourth-order valence-corrected chi connectivity index (χ4v) is 4.15. The highest BCUT2D eigenvalue weighted by Crippen LogP contribution is 2.35. The van der Waals surface area contributed by atoms with Crippen LogP contribution in [0.2, 0.25) is 0 Å². The van der Waals surface area contributed by atoms with Gasteiger partial charge in [-0.05, 0) is 25.1 Å². The number of carbonyl (C=O) groups is 2. The zero-order valence-corrected chi connectivity index (χ0v) is 16.7. The van der Waals surface area contributed by atoms with Gasteiger partial charge in [0.05, 0.1) is 24.6 Å². The molecule has 1 aliphatic rings. The van der Waals surface area contributed by atoms with Gasteiger partial charge in [-0.2, -0.15) is 0 Å². The molecule has 2 amide bonds. The van der Waals surface area contributed by atoms with Crippen LogP contribution in [0.1, 0.15) is 24.9 Å². The van der Waals surface area contributed by atoms with E-state index in [0.29, 0.717) is 12.3 Å². The lowest BCUT2D eigenvalue weighted by atomic mass is 10.1. The Morgan fingerprint density at radius 3 is 2.70 bits per heavy atom. The van der Waals surface area contributed by atoms with Crippen LogP contribution in [0.25, 0.3) is 0 Å². The number of rotatable bonds is 6. The second-order valence-electron chi connectivity index (χ2n) is 6.47. The summed E-state index contributed by atoms with van der Waals surface area (Å²) < 4.78 is 5.41. The molecule has 0 saturated heterocycles. The SMILES string of the molecule is COc1ccccc1[C@H](C)N(C)C(=O)CCN1C(=O)CSc2ccccc21.